The van der Waals surface area contributed by atoms with E-state index in [9.17, 15) is 21.6 Å². The Hall–Kier alpha value is -1.07. The molecule has 2 N–H and O–H groups in total. The minimum Gasteiger partial charge on any atom is -0.357 e. The van der Waals surface area contributed by atoms with E-state index >= 15 is 0 Å². The number of nitrogens with one attached hydrogen (secondary N) is 2. The maximum Gasteiger partial charge on any atom is 0.511 e. The number of nitrogens with zero attached hydrogens (tertiary/aromatic N) is 3. The van der Waals surface area contributed by atoms with E-state index in [0.717, 1.165) is 12.8 Å². The van der Waals surface area contributed by atoms with Crippen molar-refractivity contribution in [2.24, 2.45) is 10.9 Å². The molecule has 0 aromatic rings. The average Bonchev–Trinajstić information content (AvgIpc) is 2.64. The lowest BCUT2D eigenvalue weighted by atomic mass is 9.93. The van der Waals surface area contributed by atoms with Gasteiger partial charge >= 0.3 is 15.5 Å². The third-order valence-electron chi connectivity index (χ3n) is 5.46. The second kappa shape index (κ2) is 11.4. The summed E-state index contributed by atoms with van der Waals surface area (Å²) < 4.78 is 61.7. The van der Waals surface area contributed by atoms with Crippen LogP contribution < -0.4 is 10.6 Å². The number of rotatable bonds is 9. The van der Waals surface area contributed by atoms with Gasteiger partial charge in [0.25, 0.3) is 0 Å². The van der Waals surface area contributed by atoms with Gasteiger partial charge in [-0.25, -0.2) is 8.42 Å². The van der Waals surface area contributed by atoms with E-state index in [-0.39, 0.29) is 19.1 Å². The summed E-state index contributed by atoms with van der Waals surface area (Å²) in [5.41, 5.74) is -5.25. The Labute approximate surface area is 173 Å². The van der Waals surface area contributed by atoms with Gasteiger partial charge in [-0.05, 0) is 39.8 Å². The van der Waals surface area contributed by atoms with Gasteiger partial charge in [-0.15, -0.1) is 0 Å². The summed E-state index contributed by atoms with van der Waals surface area (Å²) in [6, 6.07) is 0.165. The lowest BCUT2D eigenvalue weighted by Gasteiger charge is -2.33. The Bertz CT molecular complexity index is 613. The fourth-order valence-corrected chi connectivity index (χ4v) is 4.64. The van der Waals surface area contributed by atoms with Crippen LogP contribution in [-0.4, -0.2) is 81.4 Å². The number of piperidine rings is 1. The number of guanidine groups is 1. The lowest BCUT2D eigenvalue weighted by Crippen LogP contribution is -2.52. The predicted molar refractivity (Wildman–Crippen MR) is 110 cm³/mol. The molecule has 1 rings (SSSR count). The van der Waals surface area contributed by atoms with Gasteiger partial charge in [0, 0.05) is 31.7 Å². The van der Waals surface area contributed by atoms with Gasteiger partial charge in [-0.1, -0.05) is 26.7 Å². The highest BCUT2D eigenvalue weighted by molar-refractivity contribution is 7.90. The van der Waals surface area contributed by atoms with Gasteiger partial charge < -0.3 is 15.5 Å². The van der Waals surface area contributed by atoms with Gasteiger partial charge in [-0.3, -0.25) is 4.99 Å². The summed E-state index contributed by atoms with van der Waals surface area (Å²) in [4.78, 5) is 6.87. The van der Waals surface area contributed by atoms with E-state index in [1.165, 1.54) is 0 Å². The summed E-state index contributed by atoms with van der Waals surface area (Å²) in [6.45, 7) is 7.22. The highest BCUT2D eigenvalue weighted by Crippen LogP contribution is 2.29. The molecule has 0 aromatic heterocycles. The van der Waals surface area contributed by atoms with Crippen molar-refractivity contribution >= 4 is 16.0 Å². The molecule has 0 radical (unpaired) electrons. The zero-order valence-electron chi connectivity index (χ0n) is 18.1. The number of alkyl halides is 3. The van der Waals surface area contributed by atoms with Gasteiger partial charge in [0.05, 0.1) is 6.54 Å². The fraction of sp³-hybridized carbons (Fsp3) is 0.944. The van der Waals surface area contributed by atoms with Gasteiger partial charge in [0.2, 0.25) is 0 Å². The first-order valence-electron chi connectivity index (χ1n) is 10.3. The van der Waals surface area contributed by atoms with Crippen LogP contribution in [0.2, 0.25) is 0 Å². The first-order valence-corrected chi connectivity index (χ1v) is 11.7. The normalized spacial score (nSPS) is 19.0. The van der Waals surface area contributed by atoms with Crippen LogP contribution >= 0.6 is 0 Å². The molecule has 1 atom stereocenters. The predicted octanol–water partition coefficient (Wildman–Crippen LogP) is 2.22. The van der Waals surface area contributed by atoms with E-state index in [2.05, 4.69) is 29.4 Å². The molecule has 1 aliphatic heterocycles. The number of halogens is 3. The SMILES string of the molecule is CCNC(=NCC(C(CC)CC)N(C)C)NC1CCN(S(=O)(=O)C(F)(F)F)CC1. The third-order valence-corrected chi connectivity index (χ3v) is 7.09. The molecule has 1 unspecified atom stereocenters. The zero-order valence-corrected chi connectivity index (χ0v) is 18.9. The van der Waals surface area contributed by atoms with Crippen LogP contribution in [0.4, 0.5) is 13.2 Å². The van der Waals surface area contributed by atoms with Gasteiger partial charge in [0.15, 0.2) is 5.96 Å². The van der Waals surface area contributed by atoms with Crippen molar-refractivity contribution in [1.82, 2.24) is 19.8 Å². The highest BCUT2D eigenvalue weighted by Gasteiger charge is 2.50. The van der Waals surface area contributed by atoms with Crippen LogP contribution in [0, 0.1) is 5.92 Å². The van der Waals surface area contributed by atoms with Crippen LogP contribution in [0.15, 0.2) is 4.99 Å². The molecule has 0 aromatic carbocycles. The van der Waals surface area contributed by atoms with Crippen molar-refractivity contribution in [3.05, 3.63) is 0 Å². The zero-order chi connectivity index (χ0) is 22.2. The minimum atomic E-state index is -5.25. The Kier molecular flexibility index (Phi) is 10.2. The topological polar surface area (TPSA) is 77.0 Å². The molecular weight excluding hydrogens is 407 g/mol. The van der Waals surface area contributed by atoms with Crippen LogP contribution in [0.25, 0.3) is 0 Å². The van der Waals surface area contributed by atoms with Crippen LogP contribution in [0.5, 0.6) is 0 Å². The van der Waals surface area contributed by atoms with E-state index in [1.54, 1.807) is 0 Å². The van der Waals surface area contributed by atoms with E-state index in [1.807, 2.05) is 21.0 Å². The summed E-state index contributed by atoms with van der Waals surface area (Å²) >= 11 is 0. The smallest absolute Gasteiger partial charge is 0.357 e. The van der Waals surface area contributed by atoms with Crippen LogP contribution in [-0.2, 0) is 10.0 Å². The summed E-state index contributed by atoms with van der Waals surface area (Å²) in [7, 11) is -1.18. The Balaban J connectivity index is 2.74. The molecule has 1 aliphatic rings. The van der Waals surface area contributed by atoms with E-state index in [4.69, 9.17) is 4.99 Å². The molecule has 0 saturated carbocycles. The van der Waals surface area contributed by atoms with Crippen molar-refractivity contribution in [1.29, 1.82) is 0 Å². The molecule has 172 valence electrons. The Morgan fingerprint density at radius 3 is 2.14 bits per heavy atom. The van der Waals surface area contributed by atoms with Crippen LogP contribution in [0.3, 0.4) is 0 Å². The molecular formula is C18H36F3N5O2S. The van der Waals surface area contributed by atoms with Crippen molar-refractivity contribution in [2.75, 3.05) is 40.3 Å². The molecule has 1 heterocycles. The summed E-state index contributed by atoms with van der Waals surface area (Å²) in [5, 5.41) is 6.43. The first-order chi connectivity index (χ1) is 13.5. The molecule has 11 heteroatoms. The van der Waals surface area contributed by atoms with Gasteiger partial charge in [0.1, 0.15) is 0 Å². The monoisotopic (exact) mass is 443 g/mol. The van der Waals surface area contributed by atoms with Crippen molar-refractivity contribution < 1.29 is 21.6 Å². The highest BCUT2D eigenvalue weighted by atomic mass is 32.2. The van der Waals surface area contributed by atoms with E-state index in [0.29, 0.717) is 48.2 Å². The largest absolute Gasteiger partial charge is 0.511 e. The van der Waals surface area contributed by atoms with Crippen molar-refractivity contribution in [3.63, 3.8) is 0 Å². The third kappa shape index (κ3) is 7.29. The summed E-state index contributed by atoms with van der Waals surface area (Å²) in [6.07, 6.45) is 2.71. The number of likely N-dealkylation sites (N-methyl/N-ethyl adjacent to an activating group) is 1. The maximum atomic E-state index is 12.7. The van der Waals surface area contributed by atoms with Crippen LogP contribution in [0.1, 0.15) is 46.5 Å². The molecule has 0 amide bonds. The molecule has 0 aliphatic carbocycles. The fourth-order valence-electron chi connectivity index (χ4n) is 3.65. The lowest BCUT2D eigenvalue weighted by molar-refractivity contribution is -0.0494. The standard InChI is InChI=1S/C18H36F3N5O2S/c1-6-14(7-2)16(25(4)5)13-23-17(22-8-3)24-15-9-11-26(12-10-15)29(27,28)18(19,20)21/h14-16H,6-13H2,1-5H3,(H2,22,23,24). The molecule has 7 nitrogen and oxygen atoms in total. The molecule has 0 spiro atoms. The molecule has 0 bridgehead atoms. The first kappa shape index (κ1) is 26.0. The number of sulfonamides is 1. The van der Waals surface area contributed by atoms with Crippen molar-refractivity contribution in [2.45, 2.75) is 64.0 Å². The quantitative estimate of drug-likeness (QED) is 0.422. The second-order valence-electron chi connectivity index (χ2n) is 7.60. The summed E-state index contributed by atoms with van der Waals surface area (Å²) in [5.74, 6) is 1.13. The minimum absolute atomic E-state index is 0.126. The maximum absolute atomic E-state index is 12.7. The average molecular weight is 444 g/mol. The number of hydrogen-bond donors (Lipinski definition) is 2. The second-order valence-corrected chi connectivity index (χ2v) is 9.53. The van der Waals surface area contributed by atoms with Gasteiger partial charge in [-0.2, -0.15) is 17.5 Å². The number of hydrogen-bond acceptors (Lipinski definition) is 4. The van der Waals surface area contributed by atoms with E-state index < -0.39 is 15.5 Å². The molecule has 1 saturated heterocycles. The van der Waals surface area contributed by atoms with Crippen molar-refractivity contribution in [3.8, 4) is 0 Å². The number of aliphatic imine (C=N–C) groups is 1. The molecule has 1 fully saturated rings. The Morgan fingerprint density at radius 1 is 1.17 bits per heavy atom. The Morgan fingerprint density at radius 2 is 1.72 bits per heavy atom. The molecule has 29 heavy (non-hydrogen) atoms.